The second-order valence-electron chi connectivity index (χ2n) is 9.48. The van der Waals surface area contributed by atoms with Crippen LogP contribution in [0.25, 0.3) is 26.4 Å². The van der Waals surface area contributed by atoms with Gasteiger partial charge in [0.15, 0.2) is 0 Å². The van der Waals surface area contributed by atoms with E-state index in [4.69, 9.17) is 13.1 Å². The lowest BCUT2D eigenvalue weighted by Gasteiger charge is -2.11. The van der Waals surface area contributed by atoms with Crippen LogP contribution in [0.5, 0.6) is 5.75 Å². The van der Waals surface area contributed by atoms with Crippen LogP contribution in [0, 0.1) is 20.1 Å². The zero-order valence-electron chi connectivity index (χ0n) is 23.2. The molecule has 0 unspecified atom stereocenters. The molecule has 0 spiro atoms. The summed E-state index contributed by atoms with van der Waals surface area (Å²) >= 11 is 0. The molecule has 0 aliphatic carbocycles. The molecule has 1 aromatic heterocycles. The average molecular weight is 512 g/mol. The summed E-state index contributed by atoms with van der Waals surface area (Å²) in [6.45, 7) is 19.1. The van der Waals surface area contributed by atoms with Gasteiger partial charge in [-0.05, 0) is 56.0 Å². The SMILES string of the molecule is CCCCCCCCCCCCc1cc(C)cc(-n2nc3ccccc3n2)c1O.[C-]#[N+]C(=C/C=C\C)[N+]#[C-]. The van der Waals surface area contributed by atoms with E-state index in [1.165, 1.54) is 63.9 Å². The normalized spacial score (nSPS) is 10.6. The topological polar surface area (TPSA) is 59.7 Å². The van der Waals surface area contributed by atoms with Crippen LogP contribution in [-0.2, 0) is 6.42 Å². The summed E-state index contributed by atoms with van der Waals surface area (Å²) in [4.78, 5) is 7.46. The van der Waals surface area contributed by atoms with Crippen LogP contribution in [0.15, 0.2) is 60.4 Å². The van der Waals surface area contributed by atoms with Crippen molar-refractivity contribution in [3.05, 3.63) is 94.4 Å². The van der Waals surface area contributed by atoms with Gasteiger partial charge >= 0.3 is 5.82 Å². The Morgan fingerprint density at radius 2 is 1.45 bits per heavy atom. The first-order chi connectivity index (χ1) is 18.5. The lowest BCUT2D eigenvalue weighted by atomic mass is 10.0. The first-order valence-corrected chi connectivity index (χ1v) is 13.8. The number of phenols is 1. The van der Waals surface area contributed by atoms with E-state index in [0.29, 0.717) is 11.4 Å². The molecule has 0 aliphatic heterocycles. The number of fused-ring (bicyclic) bond motifs is 1. The number of hydrogen-bond acceptors (Lipinski definition) is 3. The molecular weight excluding hydrogens is 470 g/mol. The van der Waals surface area contributed by atoms with Crippen LogP contribution in [0.4, 0.5) is 0 Å². The summed E-state index contributed by atoms with van der Waals surface area (Å²) < 4.78 is 0. The number of unbranched alkanes of at least 4 members (excludes halogenated alkanes) is 9. The van der Waals surface area contributed by atoms with E-state index in [-0.39, 0.29) is 5.82 Å². The van der Waals surface area contributed by atoms with Gasteiger partial charge in [-0.15, -0.1) is 15.0 Å². The number of rotatable bonds is 13. The Bertz CT molecular complexity index is 1220. The molecule has 3 aromatic rings. The van der Waals surface area contributed by atoms with Crippen LogP contribution in [0.2, 0.25) is 0 Å². The zero-order chi connectivity index (χ0) is 27.6. The predicted molar refractivity (Wildman–Crippen MR) is 157 cm³/mol. The molecule has 6 nitrogen and oxygen atoms in total. The summed E-state index contributed by atoms with van der Waals surface area (Å²) in [5.74, 6) is 0.417. The summed E-state index contributed by atoms with van der Waals surface area (Å²) in [6, 6.07) is 11.8. The maximum Gasteiger partial charge on any atom is 0.519 e. The van der Waals surface area contributed by atoms with Gasteiger partial charge in [0.1, 0.15) is 35.6 Å². The third kappa shape index (κ3) is 10.2. The van der Waals surface area contributed by atoms with Crippen molar-refractivity contribution in [2.75, 3.05) is 0 Å². The number of aromatic hydroxyl groups is 1. The van der Waals surface area contributed by atoms with Crippen molar-refractivity contribution < 1.29 is 5.11 Å². The van der Waals surface area contributed by atoms with Crippen molar-refractivity contribution in [2.24, 2.45) is 0 Å². The van der Waals surface area contributed by atoms with Crippen molar-refractivity contribution in [1.29, 1.82) is 0 Å². The fraction of sp³-hybridized carbons (Fsp3) is 0.438. The molecule has 0 fully saturated rings. The monoisotopic (exact) mass is 511 g/mol. The molecule has 0 amide bonds. The number of aromatic nitrogens is 3. The molecule has 0 atom stereocenters. The molecule has 0 aliphatic rings. The molecule has 3 rings (SSSR count). The predicted octanol–water partition coefficient (Wildman–Crippen LogP) is 9.14. The van der Waals surface area contributed by atoms with E-state index in [9.17, 15) is 5.11 Å². The standard InChI is InChI=1S/C25H35N3O.C7H6N2/c1-3-4-5-6-7-8-9-10-11-12-15-21-18-20(2)19-24(25(21)29)28-26-22-16-13-14-17-23(22)27-28;1-4-5-6-7(8-2)9-3/h13-14,16-19,29H,3-12,15H2,1-2H3;4-6H,1H3/b;5-4-. The van der Waals surface area contributed by atoms with Crippen LogP contribution in [0.3, 0.4) is 0 Å². The van der Waals surface area contributed by atoms with Crippen molar-refractivity contribution in [3.63, 3.8) is 0 Å². The molecule has 200 valence electrons. The van der Waals surface area contributed by atoms with Crippen molar-refractivity contribution in [2.45, 2.75) is 91.4 Å². The number of allylic oxidation sites excluding steroid dienone is 3. The molecule has 2 aromatic carbocycles. The Labute approximate surface area is 228 Å². The lowest BCUT2D eigenvalue weighted by Crippen LogP contribution is -2.02. The van der Waals surface area contributed by atoms with Gasteiger partial charge in [-0.25, -0.2) is 0 Å². The number of phenolic OH excluding ortho intramolecular Hbond substituents is 1. The number of aryl methyl sites for hydroxylation is 2. The minimum absolute atomic E-state index is 0.105. The lowest BCUT2D eigenvalue weighted by molar-refractivity contribution is 0.458. The van der Waals surface area contributed by atoms with E-state index in [2.05, 4.69) is 39.8 Å². The highest BCUT2D eigenvalue weighted by molar-refractivity contribution is 5.73. The highest BCUT2D eigenvalue weighted by Gasteiger charge is 2.13. The third-order valence-electron chi connectivity index (χ3n) is 6.28. The van der Waals surface area contributed by atoms with Crippen molar-refractivity contribution >= 4 is 11.0 Å². The van der Waals surface area contributed by atoms with E-state index in [0.717, 1.165) is 35.0 Å². The molecule has 0 radical (unpaired) electrons. The third-order valence-corrected chi connectivity index (χ3v) is 6.28. The summed E-state index contributed by atoms with van der Waals surface area (Å²) in [5.41, 5.74) is 4.47. The van der Waals surface area contributed by atoms with Gasteiger partial charge in [0.2, 0.25) is 0 Å². The molecule has 38 heavy (non-hydrogen) atoms. The first kappa shape index (κ1) is 30.3. The van der Waals surface area contributed by atoms with Gasteiger partial charge < -0.3 is 5.11 Å². The van der Waals surface area contributed by atoms with Gasteiger partial charge in [0.05, 0.1) is 0 Å². The zero-order valence-corrected chi connectivity index (χ0v) is 23.2. The van der Waals surface area contributed by atoms with Crippen LogP contribution < -0.4 is 0 Å². The Kier molecular flexibility index (Phi) is 14.0. The second kappa shape index (κ2) is 17.5. The maximum absolute atomic E-state index is 10.8. The fourth-order valence-corrected chi connectivity index (χ4v) is 4.23. The van der Waals surface area contributed by atoms with E-state index in [1.54, 1.807) is 16.9 Å². The van der Waals surface area contributed by atoms with Crippen LogP contribution in [0.1, 0.15) is 89.2 Å². The van der Waals surface area contributed by atoms with E-state index in [1.807, 2.05) is 37.3 Å². The molecule has 1 N–H and O–H groups in total. The first-order valence-electron chi connectivity index (χ1n) is 13.8. The minimum Gasteiger partial charge on any atom is -0.505 e. The van der Waals surface area contributed by atoms with Gasteiger partial charge in [-0.1, -0.05) is 95.1 Å². The average Bonchev–Trinajstić information content (AvgIpc) is 3.36. The molecule has 1 heterocycles. The smallest absolute Gasteiger partial charge is 0.505 e. The van der Waals surface area contributed by atoms with Crippen molar-refractivity contribution in [3.8, 4) is 11.4 Å². The van der Waals surface area contributed by atoms with E-state index < -0.39 is 0 Å². The van der Waals surface area contributed by atoms with Crippen molar-refractivity contribution in [1.82, 2.24) is 15.0 Å². The molecule has 6 heteroatoms. The highest BCUT2D eigenvalue weighted by atomic mass is 16.3. The van der Waals surface area contributed by atoms with Gasteiger partial charge in [0, 0.05) is 6.08 Å². The molecule has 0 saturated heterocycles. The number of hydrogen-bond donors (Lipinski definition) is 1. The number of benzene rings is 2. The quantitative estimate of drug-likeness (QED) is 0.141. The maximum atomic E-state index is 10.8. The molecule has 0 bridgehead atoms. The minimum atomic E-state index is 0.105. The summed E-state index contributed by atoms with van der Waals surface area (Å²) in [7, 11) is 0. The summed E-state index contributed by atoms with van der Waals surface area (Å²) in [5, 5.41) is 19.9. The number of nitrogens with zero attached hydrogens (tertiary/aromatic N) is 5. The second-order valence-corrected chi connectivity index (χ2v) is 9.48. The van der Waals surface area contributed by atoms with Gasteiger partial charge in [-0.3, -0.25) is 0 Å². The molecule has 0 saturated carbocycles. The largest absolute Gasteiger partial charge is 0.519 e. The van der Waals surface area contributed by atoms with Gasteiger partial charge in [0.25, 0.3) is 0 Å². The van der Waals surface area contributed by atoms with E-state index >= 15 is 0 Å². The Balaban J connectivity index is 0.000000484. The van der Waals surface area contributed by atoms with Crippen LogP contribution >= 0.6 is 0 Å². The van der Waals surface area contributed by atoms with Crippen LogP contribution in [-0.4, -0.2) is 20.1 Å². The fourth-order valence-electron chi connectivity index (χ4n) is 4.23. The van der Waals surface area contributed by atoms with Gasteiger partial charge in [-0.2, -0.15) is 9.69 Å². The molecular formula is C32H41N5O. The summed E-state index contributed by atoms with van der Waals surface area (Å²) in [6.07, 6.45) is 19.0. The highest BCUT2D eigenvalue weighted by Crippen LogP contribution is 2.29. The Hall–Kier alpha value is -3.90. The Morgan fingerprint density at radius 1 is 0.895 bits per heavy atom. The Morgan fingerprint density at radius 3 is 1.97 bits per heavy atom.